The van der Waals surface area contributed by atoms with E-state index in [0.717, 1.165) is 35.6 Å². The molecule has 0 bridgehead atoms. The van der Waals surface area contributed by atoms with E-state index in [0.29, 0.717) is 12.4 Å². The molecule has 132 valence electrons. The predicted octanol–water partition coefficient (Wildman–Crippen LogP) is 6.12. The molecule has 1 aromatic rings. The monoisotopic (exact) mass is 320 g/mol. The number of aromatic hydroxyl groups is 1. The molecule has 0 radical (unpaired) electrons. The molecule has 23 heavy (non-hydrogen) atoms. The molecule has 0 aliphatic heterocycles. The van der Waals surface area contributed by atoms with Gasteiger partial charge in [0.15, 0.2) is 0 Å². The van der Waals surface area contributed by atoms with Crippen molar-refractivity contribution < 1.29 is 9.84 Å². The molecule has 0 atom stereocenters. The first-order valence-corrected chi connectivity index (χ1v) is 9.12. The molecular weight excluding hydrogens is 284 g/mol. The van der Waals surface area contributed by atoms with Crippen molar-refractivity contribution in [3.63, 3.8) is 0 Å². The van der Waals surface area contributed by atoms with Gasteiger partial charge in [-0.05, 0) is 47.4 Å². The molecule has 0 spiro atoms. The third kappa shape index (κ3) is 7.39. The number of rotatable bonds is 9. The Kier molecular flexibility index (Phi) is 8.11. The fourth-order valence-electron chi connectivity index (χ4n) is 2.81. The quantitative estimate of drug-likeness (QED) is 0.555. The Morgan fingerprint density at radius 2 is 1.70 bits per heavy atom. The standard InChI is InChI=1S/C21H36O2/c1-16(2)11-9-7-8-10-12-23-15-18-13-17(3)20(22)19(14-18)21(4,5)6/h13-14,16,22H,7-12,15H2,1-6H3. The van der Waals surface area contributed by atoms with Gasteiger partial charge in [-0.3, -0.25) is 0 Å². The molecule has 1 aromatic carbocycles. The molecule has 2 heteroatoms. The minimum atomic E-state index is -0.0543. The Balaban J connectivity index is 2.37. The topological polar surface area (TPSA) is 29.5 Å². The summed E-state index contributed by atoms with van der Waals surface area (Å²) in [6.07, 6.45) is 6.39. The van der Waals surface area contributed by atoms with Crippen LogP contribution in [0.4, 0.5) is 0 Å². The molecule has 0 heterocycles. The van der Waals surface area contributed by atoms with Crippen molar-refractivity contribution in [2.45, 2.75) is 85.7 Å². The summed E-state index contributed by atoms with van der Waals surface area (Å²) in [6, 6.07) is 4.12. The molecule has 1 N–H and O–H groups in total. The van der Waals surface area contributed by atoms with Gasteiger partial charge in [-0.2, -0.15) is 0 Å². The zero-order valence-electron chi connectivity index (χ0n) is 16.0. The first-order valence-electron chi connectivity index (χ1n) is 9.12. The highest BCUT2D eigenvalue weighted by Gasteiger charge is 2.20. The second-order valence-electron chi connectivity index (χ2n) is 8.21. The zero-order chi connectivity index (χ0) is 17.5. The van der Waals surface area contributed by atoms with Gasteiger partial charge in [0.25, 0.3) is 0 Å². The summed E-state index contributed by atoms with van der Waals surface area (Å²) in [5.41, 5.74) is 3.04. The zero-order valence-corrected chi connectivity index (χ0v) is 16.0. The molecule has 1 rings (SSSR count). The third-order valence-electron chi connectivity index (χ3n) is 4.26. The summed E-state index contributed by atoms with van der Waals surface area (Å²) in [7, 11) is 0. The largest absolute Gasteiger partial charge is 0.507 e. The van der Waals surface area contributed by atoms with E-state index in [1.54, 1.807) is 0 Å². The van der Waals surface area contributed by atoms with Crippen molar-refractivity contribution in [2.24, 2.45) is 5.92 Å². The van der Waals surface area contributed by atoms with E-state index in [-0.39, 0.29) is 5.41 Å². The average molecular weight is 321 g/mol. The Bertz CT molecular complexity index is 469. The highest BCUT2D eigenvalue weighted by molar-refractivity contribution is 5.46. The van der Waals surface area contributed by atoms with Crippen LogP contribution in [0, 0.1) is 12.8 Å². The highest BCUT2D eigenvalue weighted by atomic mass is 16.5. The maximum absolute atomic E-state index is 10.2. The van der Waals surface area contributed by atoms with Crippen molar-refractivity contribution in [1.82, 2.24) is 0 Å². The van der Waals surface area contributed by atoms with Gasteiger partial charge < -0.3 is 9.84 Å². The Morgan fingerprint density at radius 3 is 2.30 bits per heavy atom. The van der Waals surface area contributed by atoms with Gasteiger partial charge in [0, 0.05) is 6.61 Å². The minimum Gasteiger partial charge on any atom is -0.507 e. The van der Waals surface area contributed by atoms with Crippen LogP contribution >= 0.6 is 0 Å². The van der Waals surface area contributed by atoms with Crippen molar-refractivity contribution in [3.05, 3.63) is 28.8 Å². The molecule has 0 amide bonds. The summed E-state index contributed by atoms with van der Waals surface area (Å²) >= 11 is 0. The first-order chi connectivity index (χ1) is 10.7. The fourth-order valence-corrected chi connectivity index (χ4v) is 2.81. The molecule has 2 nitrogen and oxygen atoms in total. The lowest BCUT2D eigenvalue weighted by Crippen LogP contribution is -2.12. The van der Waals surface area contributed by atoms with Crippen molar-refractivity contribution in [3.8, 4) is 5.75 Å². The number of hydrogen-bond acceptors (Lipinski definition) is 2. The van der Waals surface area contributed by atoms with Gasteiger partial charge in [0.05, 0.1) is 6.61 Å². The van der Waals surface area contributed by atoms with Gasteiger partial charge in [-0.1, -0.05) is 66.4 Å². The lowest BCUT2D eigenvalue weighted by atomic mass is 9.84. The minimum absolute atomic E-state index is 0.0543. The van der Waals surface area contributed by atoms with E-state index in [9.17, 15) is 5.11 Å². The van der Waals surface area contributed by atoms with E-state index in [4.69, 9.17) is 4.74 Å². The highest BCUT2D eigenvalue weighted by Crippen LogP contribution is 2.34. The maximum Gasteiger partial charge on any atom is 0.122 e. The summed E-state index contributed by atoms with van der Waals surface area (Å²) in [4.78, 5) is 0. The van der Waals surface area contributed by atoms with E-state index in [1.165, 1.54) is 25.7 Å². The SMILES string of the molecule is Cc1cc(COCCCCCCC(C)C)cc(C(C)(C)C)c1O. The molecular formula is C21H36O2. The molecule has 0 fully saturated rings. The van der Waals surface area contributed by atoms with Crippen LogP contribution in [0.2, 0.25) is 0 Å². The number of unbranched alkanes of at least 4 members (excludes halogenated alkanes) is 3. The summed E-state index contributed by atoms with van der Waals surface area (Å²) < 4.78 is 5.83. The second-order valence-corrected chi connectivity index (χ2v) is 8.21. The molecule has 0 saturated carbocycles. The van der Waals surface area contributed by atoms with E-state index in [2.05, 4.69) is 40.7 Å². The van der Waals surface area contributed by atoms with Crippen molar-refractivity contribution in [1.29, 1.82) is 0 Å². The molecule has 0 aliphatic rings. The summed E-state index contributed by atoms with van der Waals surface area (Å²) in [6.45, 7) is 14.4. The van der Waals surface area contributed by atoms with Gasteiger partial charge in [-0.15, -0.1) is 0 Å². The van der Waals surface area contributed by atoms with Crippen molar-refractivity contribution >= 4 is 0 Å². The fraction of sp³-hybridized carbons (Fsp3) is 0.714. The van der Waals surface area contributed by atoms with E-state index in [1.807, 2.05) is 13.0 Å². The van der Waals surface area contributed by atoms with Gasteiger partial charge >= 0.3 is 0 Å². The molecule has 0 unspecified atom stereocenters. The number of benzene rings is 1. The van der Waals surface area contributed by atoms with Crippen LogP contribution in [0.25, 0.3) is 0 Å². The molecule has 0 saturated heterocycles. The number of aryl methyl sites for hydroxylation is 1. The second kappa shape index (κ2) is 9.32. The predicted molar refractivity (Wildman–Crippen MR) is 99.1 cm³/mol. The van der Waals surface area contributed by atoms with Gasteiger partial charge in [0.2, 0.25) is 0 Å². The van der Waals surface area contributed by atoms with Crippen LogP contribution in [0.3, 0.4) is 0 Å². The van der Waals surface area contributed by atoms with Crippen LogP contribution in [-0.2, 0) is 16.8 Å². The molecule has 0 aliphatic carbocycles. The van der Waals surface area contributed by atoms with E-state index >= 15 is 0 Å². The number of hydrogen-bond donors (Lipinski definition) is 1. The number of phenols is 1. The number of ether oxygens (including phenoxy) is 1. The number of phenolic OH excluding ortho intramolecular Hbond substituents is 1. The third-order valence-corrected chi connectivity index (χ3v) is 4.26. The summed E-state index contributed by atoms with van der Waals surface area (Å²) in [5.74, 6) is 1.24. The first kappa shape index (κ1) is 20.0. The van der Waals surface area contributed by atoms with E-state index < -0.39 is 0 Å². The van der Waals surface area contributed by atoms with Crippen LogP contribution in [0.1, 0.15) is 83.4 Å². The normalized spacial score (nSPS) is 12.1. The smallest absolute Gasteiger partial charge is 0.122 e. The maximum atomic E-state index is 10.2. The average Bonchev–Trinajstić information content (AvgIpc) is 2.43. The molecule has 0 aromatic heterocycles. The lowest BCUT2D eigenvalue weighted by molar-refractivity contribution is 0.116. The summed E-state index contributed by atoms with van der Waals surface area (Å²) in [5, 5.41) is 10.2. The lowest BCUT2D eigenvalue weighted by Gasteiger charge is -2.22. The Hall–Kier alpha value is -1.02. The van der Waals surface area contributed by atoms with Crippen LogP contribution in [-0.4, -0.2) is 11.7 Å². The van der Waals surface area contributed by atoms with Crippen LogP contribution in [0.15, 0.2) is 12.1 Å². The van der Waals surface area contributed by atoms with Gasteiger partial charge in [0.1, 0.15) is 5.75 Å². The van der Waals surface area contributed by atoms with Crippen LogP contribution in [0.5, 0.6) is 5.75 Å². The van der Waals surface area contributed by atoms with Gasteiger partial charge in [-0.25, -0.2) is 0 Å². The van der Waals surface area contributed by atoms with Crippen molar-refractivity contribution in [2.75, 3.05) is 6.61 Å². The van der Waals surface area contributed by atoms with Crippen LogP contribution < -0.4 is 0 Å². The Morgan fingerprint density at radius 1 is 1.04 bits per heavy atom. The Labute approximate surface area is 143 Å².